The average molecular weight is 388 g/mol. The van der Waals surface area contributed by atoms with Crippen LogP contribution in [0, 0.1) is 0 Å². The fourth-order valence-corrected chi connectivity index (χ4v) is 4.63. The smallest absolute Gasteiger partial charge is 0.352 e. The first-order valence-electron chi connectivity index (χ1n) is 8.53. The fourth-order valence-electron chi connectivity index (χ4n) is 3.36. The maximum Gasteiger partial charge on any atom is 0.352 e. The lowest BCUT2D eigenvalue weighted by atomic mass is 10.0. The van der Waals surface area contributed by atoms with Crippen molar-refractivity contribution in [1.82, 2.24) is 9.80 Å². The second kappa shape index (κ2) is 6.84. The minimum Gasteiger partial charge on any atom is -0.477 e. The molecule has 1 N–H and O–H groups in total. The van der Waals surface area contributed by atoms with Crippen LogP contribution in [0.4, 0.5) is 0 Å². The van der Waals surface area contributed by atoms with Crippen LogP contribution in [0.2, 0.25) is 0 Å². The maximum atomic E-state index is 12.9. The molecular weight excluding hydrogens is 368 g/mol. The molecule has 0 spiro atoms. The van der Waals surface area contributed by atoms with E-state index < -0.39 is 35.1 Å². The lowest BCUT2D eigenvalue weighted by molar-refractivity contribution is -0.151. The van der Waals surface area contributed by atoms with Gasteiger partial charge in [-0.25, -0.2) is 4.79 Å². The second-order valence-corrected chi connectivity index (χ2v) is 8.61. The maximum absolute atomic E-state index is 12.9. The van der Waals surface area contributed by atoms with Gasteiger partial charge in [-0.2, -0.15) is 0 Å². The van der Waals surface area contributed by atoms with Gasteiger partial charge in [0.25, 0.3) is 17.7 Å². The predicted molar refractivity (Wildman–Crippen MR) is 100 cm³/mol. The zero-order valence-corrected chi connectivity index (χ0v) is 16.2. The first-order chi connectivity index (χ1) is 12.7. The number of fused-ring (bicyclic) bond motifs is 1. The summed E-state index contributed by atoms with van der Waals surface area (Å²) in [5, 5.41) is 8.96. The van der Waals surface area contributed by atoms with Crippen LogP contribution in [0.3, 0.4) is 0 Å². The van der Waals surface area contributed by atoms with Crippen LogP contribution in [0.5, 0.6) is 0 Å². The van der Waals surface area contributed by atoms with E-state index in [1.807, 2.05) is 13.8 Å². The van der Waals surface area contributed by atoms with Crippen molar-refractivity contribution in [1.29, 1.82) is 0 Å². The van der Waals surface area contributed by atoms with Gasteiger partial charge >= 0.3 is 5.97 Å². The van der Waals surface area contributed by atoms with Gasteiger partial charge in [0.2, 0.25) is 0 Å². The number of carbonyl (C=O) groups is 4. The summed E-state index contributed by atoms with van der Waals surface area (Å²) < 4.78 is 0. The number of carbonyl (C=O) groups excluding carboxylic acids is 3. The van der Waals surface area contributed by atoms with Gasteiger partial charge in [-0.1, -0.05) is 26.0 Å². The molecule has 8 heteroatoms. The molecule has 0 radical (unpaired) electrons. The SMILES string of the molecule is CC(C)=C(C(=O)O)N1C(=O)C(N2C(=O)c3ccccc3C2=O)C1SC(C)C. The Morgan fingerprint density at radius 3 is 2.00 bits per heavy atom. The summed E-state index contributed by atoms with van der Waals surface area (Å²) in [6.07, 6.45) is 0. The van der Waals surface area contributed by atoms with Crippen LogP contribution in [-0.2, 0) is 9.59 Å². The molecule has 0 aliphatic carbocycles. The van der Waals surface area contributed by atoms with Crippen molar-refractivity contribution in [3.63, 3.8) is 0 Å². The molecule has 1 saturated heterocycles. The molecule has 27 heavy (non-hydrogen) atoms. The summed E-state index contributed by atoms with van der Waals surface area (Å²) in [7, 11) is 0. The largest absolute Gasteiger partial charge is 0.477 e. The number of amides is 3. The summed E-state index contributed by atoms with van der Waals surface area (Å²) in [4.78, 5) is 52.3. The lowest BCUT2D eigenvalue weighted by Gasteiger charge is -2.49. The van der Waals surface area contributed by atoms with E-state index in [2.05, 4.69) is 0 Å². The summed E-state index contributed by atoms with van der Waals surface area (Å²) in [5.74, 6) is -2.80. The molecule has 3 amide bonds. The number of carboxylic acid groups (broad SMARTS) is 1. The minimum absolute atomic E-state index is 0.0653. The van der Waals surface area contributed by atoms with Gasteiger partial charge in [0.1, 0.15) is 17.1 Å². The number of benzene rings is 1. The van der Waals surface area contributed by atoms with E-state index in [0.29, 0.717) is 5.57 Å². The van der Waals surface area contributed by atoms with E-state index in [4.69, 9.17) is 0 Å². The number of imide groups is 1. The molecule has 1 aromatic rings. The number of likely N-dealkylation sites (tertiary alicyclic amines) is 1. The van der Waals surface area contributed by atoms with Crippen LogP contribution in [-0.4, -0.2) is 55.3 Å². The zero-order chi connectivity index (χ0) is 20.0. The molecule has 0 aromatic heterocycles. The third-order valence-electron chi connectivity index (χ3n) is 4.45. The Morgan fingerprint density at radius 1 is 1.07 bits per heavy atom. The summed E-state index contributed by atoms with van der Waals surface area (Å²) in [6, 6.07) is 5.42. The molecule has 142 valence electrons. The van der Waals surface area contributed by atoms with E-state index >= 15 is 0 Å². The Morgan fingerprint density at radius 2 is 1.59 bits per heavy atom. The van der Waals surface area contributed by atoms with Crippen LogP contribution in [0.1, 0.15) is 48.4 Å². The van der Waals surface area contributed by atoms with Crippen molar-refractivity contribution in [2.24, 2.45) is 0 Å². The first-order valence-corrected chi connectivity index (χ1v) is 9.47. The van der Waals surface area contributed by atoms with Crippen LogP contribution < -0.4 is 0 Å². The van der Waals surface area contributed by atoms with Crippen LogP contribution in [0.25, 0.3) is 0 Å². The Kier molecular flexibility index (Phi) is 4.86. The quantitative estimate of drug-likeness (QED) is 0.473. The van der Waals surface area contributed by atoms with Gasteiger partial charge in [-0.05, 0) is 31.6 Å². The molecule has 1 fully saturated rings. The molecule has 2 aliphatic heterocycles. The fraction of sp³-hybridized carbons (Fsp3) is 0.368. The normalized spacial score (nSPS) is 21.4. The number of thioether (sulfide) groups is 1. The number of β-lactam (4-membered cyclic amide) rings is 1. The van der Waals surface area contributed by atoms with Gasteiger partial charge in [-0.3, -0.25) is 24.2 Å². The van der Waals surface area contributed by atoms with Crippen LogP contribution in [0.15, 0.2) is 35.5 Å². The highest BCUT2D eigenvalue weighted by Crippen LogP contribution is 2.41. The number of aliphatic carboxylic acids is 1. The molecule has 7 nitrogen and oxygen atoms in total. The third-order valence-corrected chi connectivity index (χ3v) is 5.74. The first kappa shape index (κ1) is 19.2. The molecule has 1 aromatic carbocycles. The van der Waals surface area contributed by atoms with Crippen molar-refractivity contribution < 1.29 is 24.3 Å². The molecule has 2 atom stereocenters. The molecule has 0 bridgehead atoms. The summed E-state index contributed by atoms with van der Waals surface area (Å²) in [6.45, 7) is 7.05. The Hall–Kier alpha value is -2.61. The van der Waals surface area contributed by atoms with Gasteiger partial charge in [0.15, 0.2) is 0 Å². The molecule has 3 rings (SSSR count). The van der Waals surface area contributed by atoms with Gasteiger partial charge < -0.3 is 5.11 Å². The van der Waals surface area contributed by atoms with E-state index in [1.54, 1.807) is 38.1 Å². The second-order valence-electron chi connectivity index (χ2n) is 6.91. The van der Waals surface area contributed by atoms with E-state index in [0.717, 1.165) is 4.90 Å². The third kappa shape index (κ3) is 2.93. The highest BCUT2D eigenvalue weighted by Gasteiger charge is 2.58. The highest BCUT2D eigenvalue weighted by molar-refractivity contribution is 8.00. The standard InChI is InChI=1S/C19H20N2O5S/c1-9(2)13(19(25)26)21-17(24)14(18(21)27-10(3)4)20-15(22)11-7-5-6-8-12(11)16(20)23/h5-8,10,14,18H,1-4H3,(H,25,26). The van der Waals surface area contributed by atoms with Gasteiger partial charge in [0, 0.05) is 5.25 Å². The predicted octanol–water partition coefficient (Wildman–Crippen LogP) is 2.34. The number of nitrogens with zero attached hydrogens (tertiary/aromatic N) is 2. The van der Waals surface area contributed by atoms with Crippen molar-refractivity contribution >= 4 is 35.5 Å². The molecule has 2 aliphatic rings. The molecule has 2 heterocycles. The lowest BCUT2D eigenvalue weighted by Crippen LogP contribution is -2.70. The highest BCUT2D eigenvalue weighted by atomic mass is 32.2. The average Bonchev–Trinajstić information content (AvgIpc) is 2.83. The van der Waals surface area contributed by atoms with Crippen LogP contribution >= 0.6 is 11.8 Å². The van der Waals surface area contributed by atoms with E-state index in [1.165, 1.54) is 16.7 Å². The summed E-state index contributed by atoms with van der Waals surface area (Å²) >= 11 is 1.36. The van der Waals surface area contributed by atoms with Crippen molar-refractivity contribution in [2.75, 3.05) is 0 Å². The zero-order valence-electron chi connectivity index (χ0n) is 15.4. The van der Waals surface area contributed by atoms with E-state index in [9.17, 15) is 24.3 Å². The van der Waals surface area contributed by atoms with Crippen molar-refractivity contribution in [3.8, 4) is 0 Å². The molecule has 0 saturated carbocycles. The molecular formula is C19H20N2O5S. The Balaban J connectivity index is 2.01. The number of allylic oxidation sites excluding steroid dienone is 1. The number of hydrogen-bond donors (Lipinski definition) is 1. The number of hydrogen-bond acceptors (Lipinski definition) is 5. The Bertz CT molecular complexity index is 853. The Labute approximate surface area is 161 Å². The molecule has 2 unspecified atom stereocenters. The number of rotatable bonds is 5. The van der Waals surface area contributed by atoms with E-state index in [-0.39, 0.29) is 22.1 Å². The van der Waals surface area contributed by atoms with Gasteiger partial charge in [0.05, 0.1) is 11.1 Å². The van der Waals surface area contributed by atoms with Gasteiger partial charge in [-0.15, -0.1) is 11.8 Å². The topological polar surface area (TPSA) is 95.0 Å². The minimum atomic E-state index is -1.21. The number of carboxylic acids is 1. The monoisotopic (exact) mass is 388 g/mol. The van der Waals surface area contributed by atoms with Crippen molar-refractivity contribution in [2.45, 2.75) is 44.4 Å². The summed E-state index contributed by atoms with van der Waals surface area (Å²) in [5.41, 5.74) is 0.905. The van der Waals surface area contributed by atoms with Crippen molar-refractivity contribution in [3.05, 3.63) is 46.7 Å².